The Balaban J connectivity index is 1.72. The molecule has 0 saturated carbocycles. The number of hydrogen-bond donors (Lipinski definition) is 0. The second-order valence-corrected chi connectivity index (χ2v) is 4.26. The topological polar surface area (TPSA) is 46.3 Å². The van der Waals surface area contributed by atoms with Crippen LogP contribution in [0.2, 0.25) is 0 Å². The number of aliphatic imine (C=N–C) groups is 1. The van der Waals surface area contributed by atoms with Gasteiger partial charge in [0.2, 0.25) is 0 Å². The minimum absolute atomic E-state index is 0.539. The summed E-state index contributed by atoms with van der Waals surface area (Å²) >= 11 is 0. The summed E-state index contributed by atoms with van der Waals surface area (Å²) in [5.74, 6) is 0. The summed E-state index contributed by atoms with van der Waals surface area (Å²) in [5.41, 5.74) is 1.95. The molecule has 1 aromatic carbocycles. The summed E-state index contributed by atoms with van der Waals surface area (Å²) < 4.78 is 1.82. The van der Waals surface area contributed by atoms with Gasteiger partial charge in [0, 0.05) is 13.1 Å². The zero-order valence-corrected chi connectivity index (χ0v) is 9.66. The third kappa shape index (κ3) is 2.13. The van der Waals surface area contributed by atoms with E-state index < -0.39 is 0 Å². The van der Waals surface area contributed by atoms with Crippen molar-refractivity contribution in [2.75, 3.05) is 13.1 Å². The number of nitrogens with zero attached hydrogens (tertiary/aromatic N) is 5. The predicted molar refractivity (Wildman–Crippen MR) is 66.8 cm³/mol. The molecule has 0 aliphatic carbocycles. The van der Waals surface area contributed by atoms with E-state index in [1.165, 1.54) is 12.8 Å². The quantitative estimate of drug-likeness (QED) is 0.592. The molecular weight excluding hydrogens is 214 g/mol. The van der Waals surface area contributed by atoms with Gasteiger partial charge in [0.1, 0.15) is 12.2 Å². The van der Waals surface area contributed by atoms with Gasteiger partial charge in [-0.15, -0.1) is 5.10 Å². The summed E-state index contributed by atoms with van der Waals surface area (Å²) in [6.07, 6.45) is 4.49. The molecule has 88 valence electrons. The van der Waals surface area contributed by atoms with Crippen molar-refractivity contribution in [1.82, 2.24) is 19.9 Å². The van der Waals surface area contributed by atoms with Gasteiger partial charge in [-0.2, -0.15) is 0 Å². The minimum atomic E-state index is 0.539. The van der Waals surface area contributed by atoms with E-state index in [0.29, 0.717) is 6.67 Å². The Morgan fingerprint density at radius 2 is 2.06 bits per heavy atom. The molecule has 0 unspecified atom stereocenters. The molecule has 1 aromatic heterocycles. The normalized spacial score (nSPS) is 16.4. The Labute approximate surface area is 99.7 Å². The first kappa shape index (κ1) is 10.3. The Morgan fingerprint density at radius 3 is 2.94 bits per heavy atom. The molecule has 5 nitrogen and oxygen atoms in total. The Morgan fingerprint density at radius 1 is 1.24 bits per heavy atom. The molecule has 17 heavy (non-hydrogen) atoms. The fourth-order valence-corrected chi connectivity index (χ4v) is 2.11. The predicted octanol–water partition coefficient (Wildman–Crippen LogP) is 1.51. The van der Waals surface area contributed by atoms with Crippen LogP contribution in [0.15, 0.2) is 29.3 Å². The van der Waals surface area contributed by atoms with Crippen molar-refractivity contribution >= 4 is 17.4 Å². The average molecular weight is 229 g/mol. The number of aromatic nitrogens is 3. The molecule has 1 aliphatic heterocycles. The van der Waals surface area contributed by atoms with E-state index in [4.69, 9.17) is 0 Å². The highest BCUT2D eigenvalue weighted by molar-refractivity contribution is 5.73. The maximum Gasteiger partial charge on any atom is 0.135 e. The van der Waals surface area contributed by atoms with Gasteiger partial charge in [-0.1, -0.05) is 17.3 Å². The minimum Gasteiger partial charge on any atom is -0.363 e. The molecule has 0 atom stereocenters. The summed E-state index contributed by atoms with van der Waals surface area (Å²) in [7, 11) is 0. The van der Waals surface area contributed by atoms with E-state index in [-0.39, 0.29) is 0 Å². The fourth-order valence-electron chi connectivity index (χ4n) is 2.11. The second-order valence-electron chi connectivity index (χ2n) is 4.26. The molecule has 1 saturated heterocycles. The first-order valence-corrected chi connectivity index (χ1v) is 5.96. The first-order valence-electron chi connectivity index (χ1n) is 5.96. The molecule has 1 aliphatic rings. The lowest BCUT2D eigenvalue weighted by Gasteiger charge is -2.08. The number of fused-ring (bicyclic) bond motifs is 1. The van der Waals surface area contributed by atoms with Crippen molar-refractivity contribution in [3.05, 3.63) is 24.3 Å². The van der Waals surface area contributed by atoms with E-state index in [0.717, 1.165) is 24.1 Å². The van der Waals surface area contributed by atoms with Crippen LogP contribution < -0.4 is 0 Å². The van der Waals surface area contributed by atoms with Gasteiger partial charge in [0.15, 0.2) is 0 Å². The summed E-state index contributed by atoms with van der Waals surface area (Å²) in [6, 6.07) is 7.94. The number of likely N-dealkylation sites (tertiary alicyclic amines) is 1. The molecule has 0 N–H and O–H groups in total. The van der Waals surface area contributed by atoms with E-state index >= 15 is 0 Å². The third-order valence-electron chi connectivity index (χ3n) is 3.02. The molecule has 2 heterocycles. The van der Waals surface area contributed by atoms with Gasteiger partial charge in [-0.3, -0.25) is 4.99 Å². The third-order valence-corrected chi connectivity index (χ3v) is 3.02. The van der Waals surface area contributed by atoms with Gasteiger partial charge in [0.25, 0.3) is 0 Å². The van der Waals surface area contributed by atoms with Crippen LogP contribution >= 0.6 is 0 Å². The van der Waals surface area contributed by atoms with Gasteiger partial charge in [0.05, 0.1) is 11.9 Å². The summed E-state index contributed by atoms with van der Waals surface area (Å²) in [6.45, 7) is 2.79. The molecule has 5 heteroatoms. The molecular formula is C12H15N5. The monoisotopic (exact) mass is 229 g/mol. The van der Waals surface area contributed by atoms with Crippen molar-refractivity contribution in [2.45, 2.75) is 19.5 Å². The maximum absolute atomic E-state index is 4.41. The fraction of sp³-hybridized carbons (Fsp3) is 0.417. The largest absolute Gasteiger partial charge is 0.363 e. The lowest BCUT2D eigenvalue weighted by Crippen LogP contribution is -2.17. The Hall–Kier alpha value is -1.91. The van der Waals surface area contributed by atoms with Crippen LogP contribution in [-0.4, -0.2) is 39.3 Å². The summed E-state index contributed by atoms with van der Waals surface area (Å²) in [4.78, 5) is 6.66. The van der Waals surface area contributed by atoms with Gasteiger partial charge in [-0.05, 0) is 25.0 Å². The molecule has 0 bridgehead atoms. The highest BCUT2D eigenvalue weighted by atomic mass is 15.4. The van der Waals surface area contributed by atoms with E-state index in [1.54, 1.807) is 0 Å². The molecule has 0 spiro atoms. The van der Waals surface area contributed by atoms with Crippen molar-refractivity contribution in [1.29, 1.82) is 0 Å². The summed E-state index contributed by atoms with van der Waals surface area (Å²) in [5, 5.41) is 8.19. The van der Waals surface area contributed by atoms with Crippen molar-refractivity contribution in [2.24, 2.45) is 4.99 Å². The standard InChI is InChI=1S/C12H15N5/c1-2-6-12-11(5-1)14-15-17(12)10-13-9-16-7-3-4-8-16/h1-2,5-6,9H,3-4,7-8,10H2/b13-9+. The van der Waals surface area contributed by atoms with Gasteiger partial charge < -0.3 is 4.90 Å². The Kier molecular flexibility index (Phi) is 2.73. The lowest BCUT2D eigenvalue weighted by atomic mass is 10.3. The Bertz CT molecular complexity index is 524. The number of hydrogen-bond acceptors (Lipinski definition) is 3. The van der Waals surface area contributed by atoms with Crippen LogP contribution in [0.5, 0.6) is 0 Å². The van der Waals surface area contributed by atoms with Crippen LogP contribution in [-0.2, 0) is 6.67 Å². The first-order chi connectivity index (χ1) is 8.43. The van der Waals surface area contributed by atoms with Crippen LogP contribution in [0.4, 0.5) is 0 Å². The van der Waals surface area contributed by atoms with Crippen LogP contribution in [0.3, 0.4) is 0 Å². The van der Waals surface area contributed by atoms with Gasteiger partial charge in [-0.25, -0.2) is 4.68 Å². The van der Waals surface area contributed by atoms with E-state index in [1.807, 2.05) is 35.3 Å². The number of para-hydroxylation sites is 1. The van der Waals surface area contributed by atoms with Crippen molar-refractivity contribution < 1.29 is 0 Å². The number of benzene rings is 1. The molecule has 0 amide bonds. The van der Waals surface area contributed by atoms with Crippen LogP contribution in [0.1, 0.15) is 12.8 Å². The van der Waals surface area contributed by atoms with Crippen molar-refractivity contribution in [3.8, 4) is 0 Å². The van der Waals surface area contributed by atoms with Crippen molar-refractivity contribution in [3.63, 3.8) is 0 Å². The lowest BCUT2D eigenvalue weighted by molar-refractivity contribution is 0.525. The van der Waals surface area contributed by atoms with Crippen LogP contribution in [0.25, 0.3) is 11.0 Å². The second kappa shape index (κ2) is 4.53. The zero-order valence-electron chi connectivity index (χ0n) is 9.66. The molecule has 2 aromatic rings. The van der Waals surface area contributed by atoms with E-state index in [2.05, 4.69) is 20.2 Å². The van der Waals surface area contributed by atoms with E-state index in [9.17, 15) is 0 Å². The highest BCUT2D eigenvalue weighted by Crippen LogP contribution is 2.09. The molecule has 0 radical (unpaired) electrons. The average Bonchev–Trinajstić information content (AvgIpc) is 2.99. The van der Waals surface area contributed by atoms with Gasteiger partial charge >= 0.3 is 0 Å². The smallest absolute Gasteiger partial charge is 0.135 e. The maximum atomic E-state index is 4.41. The van der Waals surface area contributed by atoms with Crippen LogP contribution in [0, 0.1) is 0 Å². The number of rotatable bonds is 3. The molecule has 3 rings (SSSR count). The highest BCUT2D eigenvalue weighted by Gasteiger charge is 2.07. The molecule has 1 fully saturated rings. The SMILES string of the molecule is C(=N\Cn1nnc2ccccc21)/N1CCCC1. The zero-order chi connectivity index (χ0) is 11.5.